The third kappa shape index (κ3) is 6.34. The molecule has 0 aromatic heterocycles. The van der Waals surface area contributed by atoms with Crippen molar-refractivity contribution < 1.29 is 21.6 Å². The highest BCUT2D eigenvalue weighted by molar-refractivity contribution is 7.93. The van der Waals surface area contributed by atoms with Gasteiger partial charge in [-0.2, -0.15) is 0 Å². The molecular formula is C27H24ClN3O5S2. The van der Waals surface area contributed by atoms with E-state index in [2.05, 4.69) is 14.8 Å². The lowest BCUT2D eigenvalue weighted by Gasteiger charge is -2.13. The van der Waals surface area contributed by atoms with E-state index in [1.165, 1.54) is 48.5 Å². The maximum Gasteiger partial charge on any atom is 0.261 e. The van der Waals surface area contributed by atoms with Crippen molar-refractivity contribution in [3.63, 3.8) is 0 Å². The Labute approximate surface area is 226 Å². The van der Waals surface area contributed by atoms with Gasteiger partial charge in [-0.15, -0.1) is 0 Å². The Hall–Kier alpha value is -3.86. The van der Waals surface area contributed by atoms with Gasteiger partial charge < -0.3 is 5.32 Å². The number of anilines is 3. The maximum atomic E-state index is 12.9. The molecule has 4 aromatic carbocycles. The van der Waals surface area contributed by atoms with Crippen molar-refractivity contribution in [3.05, 3.63) is 113 Å². The molecule has 1 amide bonds. The zero-order valence-corrected chi connectivity index (χ0v) is 22.8. The first-order valence-corrected chi connectivity index (χ1v) is 14.7. The molecule has 4 rings (SSSR count). The molecule has 8 nitrogen and oxygen atoms in total. The quantitative estimate of drug-likeness (QED) is 0.247. The molecule has 0 bridgehead atoms. The van der Waals surface area contributed by atoms with Crippen LogP contribution < -0.4 is 14.8 Å². The SMILES string of the molecule is Cc1ccc(Cl)cc1NS(=O)(=O)c1ccc(NC(=O)c2ccc(C)c(NS(=O)(=O)c3ccccc3)c2)cc1. The summed E-state index contributed by atoms with van der Waals surface area (Å²) < 4.78 is 56.1. The van der Waals surface area contributed by atoms with E-state index in [-0.39, 0.29) is 21.0 Å². The Kier molecular flexibility index (Phi) is 7.77. The van der Waals surface area contributed by atoms with Crippen LogP contribution in [0.25, 0.3) is 0 Å². The van der Waals surface area contributed by atoms with Crippen LogP contribution in [-0.2, 0) is 20.0 Å². The summed E-state index contributed by atoms with van der Waals surface area (Å²) in [4.78, 5) is 13.0. The molecule has 0 aliphatic rings. The Balaban J connectivity index is 1.49. The van der Waals surface area contributed by atoms with Crippen molar-refractivity contribution in [1.82, 2.24) is 0 Å². The monoisotopic (exact) mass is 569 g/mol. The molecule has 0 aliphatic carbocycles. The highest BCUT2D eigenvalue weighted by atomic mass is 35.5. The Morgan fingerprint density at radius 3 is 1.79 bits per heavy atom. The third-order valence-electron chi connectivity index (χ3n) is 5.66. The molecule has 0 saturated heterocycles. The fourth-order valence-corrected chi connectivity index (χ4v) is 5.94. The lowest BCUT2D eigenvalue weighted by molar-refractivity contribution is 0.102. The van der Waals surface area contributed by atoms with E-state index in [9.17, 15) is 21.6 Å². The first-order valence-electron chi connectivity index (χ1n) is 11.3. The van der Waals surface area contributed by atoms with Gasteiger partial charge in [0.25, 0.3) is 26.0 Å². The molecule has 0 radical (unpaired) electrons. The minimum atomic E-state index is -3.89. The Morgan fingerprint density at radius 1 is 0.658 bits per heavy atom. The van der Waals surface area contributed by atoms with Crippen LogP contribution in [0.15, 0.2) is 101 Å². The molecule has 0 spiro atoms. The van der Waals surface area contributed by atoms with Crippen LogP contribution in [0.1, 0.15) is 21.5 Å². The van der Waals surface area contributed by atoms with E-state index in [0.29, 0.717) is 27.5 Å². The van der Waals surface area contributed by atoms with Crippen molar-refractivity contribution in [1.29, 1.82) is 0 Å². The first-order chi connectivity index (χ1) is 17.9. The number of sulfonamides is 2. The van der Waals surface area contributed by atoms with Gasteiger partial charge in [0.15, 0.2) is 0 Å². The third-order valence-corrected chi connectivity index (χ3v) is 8.66. The summed E-state index contributed by atoms with van der Waals surface area (Å²) in [5.74, 6) is -0.492. The highest BCUT2D eigenvalue weighted by Gasteiger charge is 2.18. The van der Waals surface area contributed by atoms with Gasteiger partial charge in [0, 0.05) is 16.3 Å². The van der Waals surface area contributed by atoms with Crippen LogP contribution in [0.2, 0.25) is 5.02 Å². The van der Waals surface area contributed by atoms with Crippen LogP contribution >= 0.6 is 11.6 Å². The molecule has 0 atom stereocenters. The summed E-state index contributed by atoms with van der Waals surface area (Å²) in [6.07, 6.45) is 0. The summed E-state index contributed by atoms with van der Waals surface area (Å²) in [6, 6.07) is 23.1. The van der Waals surface area contributed by atoms with Crippen molar-refractivity contribution >= 4 is 54.6 Å². The highest BCUT2D eigenvalue weighted by Crippen LogP contribution is 2.25. The van der Waals surface area contributed by atoms with Gasteiger partial charge in [0.1, 0.15) is 0 Å². The van der Waals surface area contributed by atoms with Gasteiger partial charge in [0.2, 0.25) is 0 Å². The van der Waals surface area contributed by atoms with Crippen LogP contribution in [-0.4, -0.2) is 22.7 Å². The van der Waals surface area contributed by atoms with E-state index in [0.717, 1.165) is 0 Å². The number of rotatable bonds is 8. The van der Waals surface area contributed by atoms with E-state index < -0.39 is 26.0 Å². The van der Waals surface area contributed by atoms with Crippen molar-refractivity contribution in [2.24, 2.45) is 0 Å². The second-order valence-corrected chi connectivity index (χ2v) is 12.3. The maximum absolute atomic E-state index is 12.9. The number of benzene rings is 4. The average Bonchev–Trinajstić information content (AvgIpc) is 2.88. The summed E-state index contributed by atoms with van der Waals surface area (Å²) in [5.41, 5.74) is 2.57. The summed E-state index contributed by atoms with van der Waals surface area (Å²) in [6.45, 7) is 3.48. The zero-order valence-electron chi connectivity index (χ0n) is 20.4. The zero-order chi connectivity index (χ0) is 27.5. The number of halogens is 1. The number of nitrogens with one attached hydrogen (secondary N) is 3. The van der Waals surface area contributed by atoms with E-state index >= 15 is 0 Å². The minimum Gasteiger partial charge on any atom is -0.322 e. The molecule has 196 valence electrons. The smallest absolute Gasteiger partial charge is 0.261 e. The molecule has 38 heavy (non-hydrogen) atoms. The number of carbonyl (C=O) groups is 1. The summed E-state index contributed by atoms with van der Waals surface area (Å²) in [5, 5.41) is 3.10. The van der Waals surface area contributed by atoms with Gasteiger partial charge >= 0.3 is 0 Å². The number of amides is 1. The Bertz CT molecular complexity index is 1710. The average molecular weight is 570 g/mol. The lowest BCUT2D eigenvalue weighted by atomic mass is 10.1. The van der Waals surface area contributed by atoms with Crippen molar-refractivity contribution in [3.8, 4) is 0 Å². The van der Waals surface area contributed by atoms with E-state index in [4.69, 9.17) is 11.6 Å². The number of aryl methyl sites for hydroxylation is 2. The second-order valence-electron chi connectivity index (χ2n) is 8.49. The van der Waals surface area contributed by atoms with Crippen LogP contribution in [0.4, 0.5) is 17.1 Å². The first kappa shape index (κ1) is 27.2. The minimum absolute atomic E-state index is 0.00261. The second kappa shape index (κ2) is 10.9. The molecule has 0 unspecified atom stereocenters. The van der Waals surface area contributed by atoms with Gasteiger partial charge in [-0.1, -0.05) is 41.9 Å². The number of hydrogen-bond donors (Lipinski definition) is 3. The molecular weight excluding hydrogens is 546 g/mol. The van der Waals surface area contributed by atoms with Crippen LogP contribution in [0.3, 0.4) is 0 Å². The summed E-state index contributed by atoms with van der Waals surface area (Å²) >= 11 is 5.98. The Morgan fingerprint density at radius 2 is 1.18 bits per heavy atom. The fraction of sp³-hybridized carbons (Fsp3) is 0.0741. The lowest BCUT2D eigenvalue weighted by Crippen LogP contribution is -2.16. The van der Waals surface area contributed by atoms with Crippen molar-refractivity contribution in [2.45, 2.75) is 23.6 Å². The van der Waals surface area contributed by atoms with Gasteiger partial charge in [-0.3, -0.25) is 14.2 Å². The molecule has 0 saturated carbocycles. The topological polar surface area (TPSA) is 121 Å². The van der Waals surface area contributed by atoms with Crippen LogP contribution in [0.5, 0.6) is 0 Å². The molecule has 0 heterocycles. The molecule has 4 aromatic rings. The molecule has 11 heteroatoms. The molecule has 0 aliphatic heterocycles. The van der Waals surface area contributed by atoms with E-state index in [1.54, 1.807) is 56.3 Å². The molecule has 0 fully saturated rings. The fourth-order valence-electron chi connectivity index (χ4n) is 3.51. The number of carbonyl (C=O) groups excluding carboxylic acids is 1. The van der Waals surface area contributed by atoms with E-state index in [1.807, 2.05) is 0 Å². The predicted octanol–water partition coefficient (Wildman–Crippen LogP) is 5.81. The van der Waals surface area contributed by atoms with Crippen LogP contribution in [0, 0.1) is 13.8 Å². The van der Waals surface area contributed by atoms with Gasteiger partial charge in [-0.05, 0) is 85.6 Å². The molecule has 3 N–H and O–H groups in total. The normalized spacial score (nSPS) is 11.6. The number of hydrogen-bond acceptors (Lipinski definition) is 5. The standard InChI is InChI=1S/C27H24ClN3O5S2/c1-18-8-10-20(16-25(18)30-37(33,34)23-6-4-3-5-7-23)27(32)29-22-12-14-24(15-13-22)38(35,36)31-26-17-21(28)11-9-19(26)2/h3-17,30-31H,1-2H3,(H,29,32). The largest absolute Gasteiger partial charge is 0.322 e. The van der Waals surface area contributed by atoms with Gasteiger partial charge in [0.05, 0.1) is 21.2 Å². The van der Waals surface area contributed by atoms with Gasteiger partial charge in [-0.25, -0.2) is 16.8 Å². The van der Waals surface area contributed by atoms with Crippen molar-refractivity contribution in [2.75, 3.05) is 14.8 Å². The predicted molar refractivity (Wildman–Crippen MR) is 150 cm³/mol. The summed E-state index contributed by atoms with van der Waals surface area (Å²) in [7, 11) is -7.72.